The Kier molecular flexibility index (Phi) is 4.45. The lowest BCUT2D eigenvalue weighted by molar-refractivity contribution is 0.104. The average molecular weight is 373 g/mol. The fourth-order valence-electron chi connectivity index (χ4n) is 2.05. The van der Waals surface area contributed by atoms with Gasteiger partial charge in [0.2, 0.25) is 0 Å². The molecule has 0 amide bonds. The van der Waals surface area contributed by atoms with Gasteiger partial charge in [0.05, 0.1) is 11.0 Å². The number of benzene rings is 2. The fourth-order valence-corrected chi connectivity index (χ4v) is 3.09. The molecule has 3 aromatic rings. The molecule has 0 fully saturated rings. The number of hydrogen-bond acceptors (Lipinski definition) is 3. The molecule has 0 saturated heterocycles. The van der Waals surface area contributed by atoms with Gasteiger partial charge in [0.25, 0.3) is 0 Å². The van der Waals surface area contributed by atoms with Crippen molar-refractivity contribution in [3.8, 4) is 0 Å². The first kappa shape index (κ1) is 15.1. The van der Waals surface area contributed by atoms with Gasteiger partial charge in [-0.1, -0.05) is 45.9 Å². The average Bonchev–Trinajstić information content (AvgIpc) is 2.89. The van der Waals surface area contributed by atoms with E-state index in [-0.39, 0.29) is 5.78 Å². The van der Waals surface area contributed by atoms with Crippen molar-refractivity contribution in [3.63, 3.8) is 0 Å². The Morgan fingerprint density at radius 1 is 1.27 bits per heavy atom. The van der Waals surface area contributed by atoms with Crippen LogP contribution in [-0.4, -0.2) is 15.8 Å². The molecule has 0 atom stereocenters. The van der Waals surface area contributed by atoms with Crippen molar-refractivity contribution >= 4 is 44.5 Å². The Morgan fingerprint density at radius 2 is 2.14 bits per heavy atom. The van der Waals surface area contributed by atoms with E-state index in [9.17, 15) is 4.79 Å². The largest absolute Gasteiger partial charge is 0.333 e. The number of halogens is 1. The first-order valence-electron chi connectivity index (χ1n) is 6.71. The Labute approximate surface area is 141 Å². The number of allylic oxidation sites excluding steroid dienone is 1. The van der Waals surface area contributed by atoms with Crippen molar-refractivity contribution in [2.75, 3.05) is 0 Å². The second kappa shape index (κ2) is 6.50. The lowest BCUT2D eigenvalue weighted by Crippen LogP contribution is -1.92. The molecule has 1 N–H and O–H groups in total. The third-order valence-corrected chi connectivity index (χ3v) is 4.31. The standard InChI is InChI=1S/C17H13BrN2OS/c1-11-5-6-14-15(9-11)20-17(19-14)22-8-7-16(21)12-3-2-4-13(18)10-12/h2-10H,1H3,(H,19,20)/b8-7+. The highest BCUT2D eigenvalue weighted by Gasteiger charge is 2.04. The van der Waals surface area contributed by atoms with Crippen LogP contribution in [0.25, 0.3) is 11.0 Å². The number of imidazole rings is 1. The fraction of sp³-hybridized carbons (Fsp3) is 0.0588. The quantitative estimate of drug-likeness (QED) is 0.392. The van der Waals surface area contributed by atoms with Gasteiger partial charge in [-0.2, -0.15) is 0 Å². The summed E-state index contributed by atoms with van der Waals surface area (Å²) in [4.78, 5) is 19.8. The van der Waals surface area contributed by atoms with Crippen LogP contribution < -0.4 is 0 Å². The van der Waals surface area contributed by atoms with E-state index >= 15 is 0 Å². The van der Waals surface area contributed by atoms with E-state index in [0.717, 1.165) is 20.7 Å². The number of aryl methyl sites for hydroxylation is 1. The Hall–Kier alpha value is -1.85. The molecule has 3 nitrogen and oxygen atoms in total. The van der Waals surface area contributed by atoms with Crippen molar-refractivity contribution in [1.29, 1.82) is 0 Å². The SMILES string of the molecule is Cc1ccc2nc(S/C=C/C(=O)c3cccc(Br)c3)[nH]c2c1. The molecule has 0 unspecified atom stereocenters. The number of carbonyl (C=O) groups is 1. The zero-order chi connectivity index (χ0) is 15.5. The monoisotopic (exact) mass is 372 g/mol. The van der Waals surface area contributed by atoms with Crippen LogP contribution in [0.15, 0.2) is 63.6 Å². The molecule has 2 aromatic carbocycles. The minimum absolute atomic E-state index is 0.0271. The van der Waals surface area contributed by atoms with E-state index in [0.29, 0.717) is 5.56 Å². The number of nitrogens with zero attached hydrogens (tertiary/aromatic N) is 1. The molecule has 0 aliphatic carbocycles. The van der Waals surface area contributed by atoms with Crippen molar-refractivity contribution in [1.82, 2.24) is 9.97 Å². The molecule has 0 aliphatic heterocycles. The van der Waals surface area contributed by atoms with Gasteiger partial charge in [0.15, 0.2) is 10.9 Å². The molecule has 0 radical (unpaired) electrons. The summed E-state index contributed by atoms with van der Waals surface area (Å²) >= 11 is 4.76. The molecule has 0 bridgehead atoms. The molecular formula is C17H13BrN2OS. The van der Waals surface area contributed by atoms with Crippen LogP contribution in [0.3, 0.4) is 0 Å². The number of carbonyl (C=O) groups excluding carboxylic acids is 1. The Bertz CT molecular complexity index is 870. The lowest BCUT2D eigenvalue weighted by Gasteiger charge is -1.96. The van der Waals surface area contributed by atoms with Crippen molar-refractivity contribution < 1.29 is 4.79 Å². The summed E-state index contributed by atoms with van der Waals surface area (Å²) in [7, 11) is 0. The highest BCUT2D eigenvalue weighted by atomic mass is 79.9. The van der Waals surface area contributed by atoms with Crippen LogP contribution >= 0.6 is 27.7 Å². The zero-order valence-corrected chi connectivity index (χ0v) is 14.2. The molecule has 3 rings (SSSR count). The van der Waals surface area contributed by atoms with E-state index in [1.165, 1.54) is 17.3 Å². The molecule has 5 heteroatoms. The number of thioether (sulfide) groups is 1. The number of rotatable bonds is 4. The van der Waals surface area contributed by atoms with Gasteiger partial charge in [-0.3, -0.25) is 4.79 Å². The Morgan fingerprint density at radius 3 is 2.95 bits per heavy atom. The molecule has 0 spiro atoms. The normalized spacial score (nSPS) is 11.4. The number of ketones is 1. The summed E-state index contributed by atoms with van der Waals surface area (Å²) in [6.07, 6.45) is 1.56. The molecule has 0 aliphatic rings. The van der Waals surface area contributed by atoms with E-state index in [2.05, 4.69) is 32.0 Å². The molecule has 1 aromatic heterocycles. The summed E-state index contributed by atoms with van der Waals surface area (Å²) in [6.45, 7) is 2.05. The zero-order valence-electron chi connectivity index (χ0n) is 11.8. The highest BCUT2D eigenvalue weighted by Crippen LogP contribution is 2.21. The number of nitrogens with one attached hydrogen (secondary N) is 1. The summed E-state index contributed by atoms with van der Waals surface area (Å²) in [5.74, 6) is -0.0271. The van der Waals surface area contributed by atoms with Crippen LogP contribution in [0.1, 0.15) is 15.9 Å². The van der Waals surface area contributed by atoms with Gasteiger partial charge >= 0.3 is 0 Å². The minimum atomic E-state index is -0.0271. The van der Waals surface area contributed by atoms with Crippen LogP contribution in [0.2, 0.25) is 0 Å². The van der Waals surface area contributed by atoms with Gasteiger partial charge in [0.1, 0.15) is 0 Å². The van der Waals surface area contributed by atoms with Crippen LogP contribution in [0.4, 0.5) is 0 Å². The van der Waals surface area contributed by atoms with Crippen molar-refractivity contribution in [2.24, 2.45) is 0 Å². The Balaban J connectivity index is 1.71. The summed E-state index contributed by atoms with van der Waals surface area (Å²) in [6, 6.07) is 13.4. The van der Waals surface area contributed by atoms with Crippen molar-refractivity contribution in [3.05, 3.63) is 69.5 Å². The molecule has 22 heavy (non-hydrogen) atoms. The first-order chi connectivity index (χ1) is 10.6. The summed E-state index contributed by atoms with van der Waals surface area (Å²) in [5, 5.41) is 2.53. The van der Waals surface area contributed by atoms with Gasteiger partial charge in [0, 0.05) is 10.0 Å². The van der Waals surface area contributed by atoms with E-state index in [1.54, 1.807) is 23.6 Å². The third kappa shape index (κ3) is 3.48. The smallest absolute Gasteiger partial charge is 0.186 e. The van der Waals surface area contributed by atoms with E-state index < -0.39 is 0 Å². The second-order valence-corrected chi connectivity index (χ2v) is 6.67. The maximum Gasteiger partial charge on any atom is 0.186 e. The van der Waals surface area contributed by atoms with Crippen LogP contribution in [0.5, 0.6) is 0 Å². The van der Waals surface area contributed by atoms with E-state index in [1.807, 2.05) is 31.2 Å². The van der Waals surface area contributed by atoms with Gasteiger partial charge < -0.3 is 4.98 Å². The second-order valence-electron chi connectivity index (χ2n) is 4.86. The number of aromatic nitrogens is 2. The number of hydrogen-bond donors (Lipinski definition) is 1. The summed E-state index contributed by atoms with van der Waals surface area (Å²) < 4.78 is 0.895. The number of H-pyrrole nitrogens is 1. The van der Waals surface area contributed by atoms with Gasteiger partial charge in [-0.05, 0) is 48.2 Å². The van der Waals surface area contributed by atoms with Crippen molar-refractivity contribution in [2.45, 2.75) is 12.1 Å². The van der Waals surface area contributed by atoms with Crippen LogP contribution in [0, 0.1) is 6.92 Å². The molecule has 0 saturated carbocycles. The predicted molar refractivity (Wildman–Crippen MR) is 94.3 cm³/mol. The molecule has 110 valence electrons. The molecule has 1 heterocycles. The summed E-state index contributed by atoms with van der Waals surface area (Å²) in [5.41, 5.74) is 3.79. The first-order valence-corrected chi connectivity index (χ1v) is 8.38. The predicted octanol–water partition coefficient (Wildman–Crippen LogP) is 5.12. The minimum Gasteiger partial charge on any atom is -0.333 e. The highest BCUT2D eigenvalue weighted by molar-refractivity contribution is 9.10. The topological polar surface area (TPSA) is 45.8 Å². The maximum atomic E-state index is 12.1. The maximum absolute atomic E-state index is 12.1. The van der Waals surface area contributed by atoms with Gasteiger partial charge in [-0.25, -0.2) is 4.98 Å². The van der Waals surface area contributed by atoms with Gasteiger partial charge in [-0.15, -0.1) is 0 Å². The number of fused-ring (bicyclic) bond motifs is 1. The lowest BCUT2D eigenvalue weighted by atomic mass is 10.1. The molecular weight excluding hydrogens is 360 g/mol. The number of aromatic amines is 1. The van der Waals surface area contributed by atoms with E-state index in [4.69, 9.17) is 0 Å². The van der Waals surface area contributed by atoms with Crippen LogP contribution in [-0.2, 0) is 0 Å². The third-order valence-electron chi connectivity index (χ3n) is 3.12.